The van der Waals surface area contributed by atoms with Crippen LogP contribution in [0.2, 0.25) is 0 Å². The van der Waals surface area contributed by atoms with Crippen LogP contribution in [0.4, 0.5) is 4.39 Å². The highest BCUT2D eigenvalue weighted by Gasteiger charge is 2.11. The molecular weight excluding hydrogens is 351 g/mol. The number of halogens is 1. The van der Waals surface area contributed by atoms with Crippen LogP contribution >= 0.6 is 0 Å². The lowest BCUT2D eigenvalue weighted by atomic mass is 10.1. The van der Waals surface area contributed by atoms with Gasteiger partial charge in [0.1, 0.15) is 5.82 Å². The molecule has 2 amide bonds. The first-order chi connectivity index (χ1) is 13.0. The number of ether oxygens (including phenoxy) is 2. The highest BCUT2D eigenvalue weighted by Crippen LogP contribution is 2.27. The fraction of sp³-hybridized carbons (Fsp3) is 0.300. The molecule has 0 radical (unpaired) electrons. The van der Waals surface area contributed by atoms with Crippen molar-refractivity contribution in [3.05, 3.63) is 59.4 Å². The second-order valence-electron chi connectivity index (χ2n) is 5.71. The van der Waals surface area contributed by atoms with Gasteiger partial charge in [0.05, 0.1) is 20.1 Å². The van der Waals surface area contributed by atoms with Crippen LogP contribution in [0.3, 0.4) is 0 Å². The van der Waals surface area contributed by atoms with E-state index in [0.29, 0.717) is 30.2 Å². The Balaban J connectivity index is 1.77. The van der Waals surface area contributed by atoms with Gasteiger partial charge >= 0.3 is 0 Å². The van der Waals surface area contributed by atoms with Crippen molar-refractivity contribution in [3.8, 4) is 11.5 Å². The highest BCUT2D eigenvalue weighted by atomic mass is 19.1. The molecule has 0 unspecified atom stereocenters. The van der Waals surface area contributed by atoms with Gasteiger partial charge < -0.3 is 20.1 Å². The molecule has 2 rings (SSSR count). The molecule has 0 spiro atoms. The number of rotatable bonds is 9. The van der Waals surface area contributed by atoms with Gasteiger partial charge in [0.2, 0.25) is 5.91 Å². The third-order valence-corrected chi connectivity index (χ3v) is 3.74. The Hall–Kier alpha value is -3.09. The minimum Gasteiger partial charge on any atom is -0.493 e. The quantitative estimate of drug-likeness (QED) is 0.661. The molecule has 0 aliphatic heterocycles. The van der Waals surface area contributed by atoms with Crippen LogP contribution in [-0.4, -0.2) is 38.6 Å². The molecule has 0 aromatic heterocycles. The molecule has 2 aromatic carbocycles. The standard InChI is InChI=1S/C20H23FN2O4/c1-3-27-18-13-15(6-9-17(18)26-2)20(25)23-11-10-22-19(24)12-14-4-7-16(21)8-5-14/h4-9,13H,3,10-12H2,1-2H3,(H,22,24)(H,23,25). The highest BCUT2D eigenvalue weighted by molar-refractivity contribution is 5.94. The Morgan fingerprint density at radius 2 is 1.70 bits per heavy atom. The maximum absolute atomic E-state index is 12.8. The molecule has 2 aromatic rings. The number of hydrogen-bond donors (Lipinski definition) is 2. The summed E-state index contributed by atoms with van der Waals surface area (Å²) in [6, 6.07) is 10.7. The summed E-state index contributed by atoms with van der Waals surface area (Å²) >= 11 is 0. The predicted octanol–water partition coefficient (Wildman–Crippen LogP) is 2.32. The number of amides is 2. The van der Waals surface area contributed by atoms with E-state index in [9.17, 15) is 14.0 Å². The van der Waals surface area contributed by atoms with Crippen molar-refractivity contribution in [3.63, 3.8) is 0 Å². The Bertz CT molecular complexity index is 778. The van der Waals surface area contributed by atoms with Crippen molar-refractivity contribution in [2.45, 2.75) is 13.3 Å². The molecular formula is C20H23FN2O4. The van der Waals surface area contributed by atoms with Gasteiger partial charge in [-0.05, 0) is 42.8 Å². The average Bonchev–Trinajstić information content (AvgIpc) is 2.67. The maximum atomic E-state index is 12.8. The predicted molar refractivity (Wildman–Crippen MR) is 99.6 cm³/mol. The first-order valence-electron chi connectivity index (χ1n) is 8.63. The van der Waals surface area contributed by atoms with E-state index in [1.54, 1.807) is 30.3 Å². The molecule has 0 atom stereocenters. The molecule has 0 heterocycles. The van der Waals surface area contributed by atoms with Crippen LogP contribution in [0, 0.1) is 5.82 Å². The maximum Gasteiger partial charge on any atom is 0.251 e. The molecule has 2 N–H and O–H groups in total. The first-order valence-corrected chi connectivity index (χ1v) is 8.63. The summed E-state index contributed by atoms with van der Waals surface area (Å²) < 4.78 is 23.5. The number of methoxy groups -OCH3 is 1. The van der Waals surface area contributed by atoms with Crippen LogP contribution in [0.15, 0.2) is 42.5 Å². The minimum absolute atomic E-state index is 0.157. The van der Waals surface area contributed by atoms with Gasteiger partial charge in [0.25, 0.3) is 5.91 Å². The van der Waals surface area contributed by atoms with Gasteiger partial charge in [-0.15, -0.1) is 0 Å². The normalized spacial score (nSPS) is 10.2. The minimum atomic E-state index is -0.340. The Morgan fingerprint density at radius 3 is 2.37 bits per heavy atom. The smallest absolute Gasteiger partial charge is 0.251 e. The largest absolute Gasteiger partial charge is 0.493 e. The van der Waals surface area contributed by atoms with E-state index in [1.165, 1.54) is 19.2 Å². The summed E-state index contributed by atoms with van der Waals surface area (Å²) in [5.41, 5.74) is 1.16. The lowest BCUT2D eigenvalue weighted by molar-refractivity contribution is -0.120. The SMILES string of the molecule is CCOc1cc(C(=O)NCCNC(=O)Cc2ccc(F)cc2)ccc1OC. The van der Waals surface area contributed by atoms with E-state index < -0.39 is 0 Å². The third kappa shape index (κ3) is 6.29. The molecule has 0 bridgehead atoms. The molecule has 6 nitrogen and oxygen atoms in total. The summed E-state index contributed by atoms with van der Waals surface area (Å²) in [6.45, 7) is 2.88. The van der Waals surface area contributed by atoms with Crippen LogP contribution in [0.5, 0.6) is 11.5 Å². The van der Waals surface area contributed by atoms with Crippen molar-refractivity contribution in [2.24, 2.45) is 0 Å². The van der Waals surface area contributed by atoms with E-state index in [-0.39, 0.29) is 30.6 Å². The number of carbonyl (C=O) groups excluding carboxylic acids is 2. The second-order valence-corrected chi connectivity index (χ2v) is 5.71. The fourth-order valence-corrected chi connectivity index (χ4v) is 2.42. The third-order valence-electron chi connectivity index (χ3n) is 3.74. The molecule has 0 aliphatic rings. The van der Waals surface area contributed by atoms with Gasteiger partial charge in [-0.3, -0.25) is 9.59 Å². The molecule has 27 heavy (non-hydrogen) atoms. The molecule has 0 saturated carbocycles. The Labute approximate surface area is 157 Å². The van der Waals surface area contributed by atoms with E-state index in [2.05, 4.69) is 10.6 Å². The van der Waals surface area contributed by atoms with Crippen LogP contribution < -0.4 is 20.1 Å². The zero-order valence-corrected chi connectivity index (χ0v) is 15.4. The van der Waals surface area contributed by atoms with Gasteiger partial charge in [-0.25, -0.2) is 4.39 Å². The van der Waals surface area contributed by atoms with Crippen LogP contribution in [-0.2, 0) is 11.2 Å². The van der Waals surface area contributed by atoms with Crippen molar-refractivity contribution in [2.75, 3.05) is 26.8 Å². The number of nitrogens with one attached hydrogen (secondary N) is 2. The topological polar surface area (TPSA) is 76.7 Å². The van der Waals surface area contributed by atoms with E-state index >= 15 is 0 Å². The van der Waals surface area contributed by atoms with Gasteiger partial charge in [-0.1, -0.05) is 12.1 Å². The molecule has 7 heteroatoms. The fourth-order valence-electron chi connectivity index (χ4n) is 2.42. The summed E-state index contributed by atoms with van der Waals surface area (Å²) in [5.74, 6) is 0.250. The van der Waals surface area contributed by atoms with Crippen molar-refractivity contribution in [1.29, 1.82) is 0 Å². The number of benzene rings is 2. The van der Waals surface area contributed by atoms with E-state index in [1.807, 2.05) is 6.92 Å². The first kappa shape index (κ1) is 20.2. The number of carbonyl (C=O) groups is 2. The van der Waals surface area contributed by atoms with Gasteiger partial charge in [-0.2, -0.15) is 0 Å². The average molecular weight is 374 g/mol. The summed E-state index contributed by atoms with van der Waals surface area (Å²) in [6.07, 6.45) is 0.157. The molecule has 144 valence electrons. The summed E-state index contributed by atoms with van der Waals surface area (Å²) in [4.78, 5) is 24.1. The summed E-state index contributed by atoms with van der Waals surface area (Å²) in [7, 11) is 1.53. The number of hydrogen-bond acceptors (Lipinski definition) is 4. The molecule has 0 fully saturated rings. The lowest BCUT2D eigenvalue weighted by Gasteiger charge is -2.11. The van der Waals surface area contributed by atoms with Crippen molar-refractivity contribution in [1.82, 2.24) is 10.6 Å². The Morgan fingerprint density at radius 1 is 1.00 bits per heavy atom. The van der Waals surface area contributed by atoms with Crippen LogP contribution in [0.1, 0.15) is 22.8 Å². The van der Waals surface area contributed by atoms with E-state index in [4.69, 9.17) is 9.47 Å². The van der Waals surface area contributed by atoms with E-state index in [0.717, 1.165) is 5.56 Å². The molecule has 0 saturated heterocycles. The summed E-state index contributed by atoms with van der Waals surface area (Å²) in [5, 5.41) is 5.44. The lowest BCUT2D eigenvalue weighted by Crippen LogP contribution is -2.35. The zero-order valence-electron chi connectivity index (χ0n) is 15.4. The zero-order chi connectivity index (χ0) is 19.6. The monoisotopic (exact) mass is 374 g/mol. The van der Waals surface area contributed by atoms with Crippen LogP contribution in [0.25, 0.3) is 0 Å². The van der Waals surface area contributed by atoms with Gasteiger partial charge in [0.15, 0.2) is 11.5 Å². The molecule has 0 aliphatic carbocycles. The van der Waals surface area contributed by atoms with Crippen molar-refractivity contribution >= 4 is 11.8 Å². The van der Waals surface area contributed by atoms with Gasteiger partial charge in [0, 0.05) is 18.7 Å². The Kier molecular flexibility index (Phi) is 7.61. The van der Waals surface area contributed by atoms with Crippen molar-refractivity contribution < 1.29 is 23.5 Å². The second kappa shape index (κ2) is 10.2.